The molecule has 28 heavy (non-hydrogen) atoms. The number of rotatable bonds is 6. The van der Waals surface area contributed by atoms with Gasteiger partial charge in [-0.3, -0.25) is 4.72 Å². The zero-order valence-corrected chi connectivity index (χ0v) is 16.1. The van der Waals surface area contributed by atoms with Crippen LogP contribution in [-0.2, 0) is 16.4 Å². The summed E-state index contributed by atoms with van der Waals surface area (Å²) in [5, 5.41) is 12.2. The van der Waals surface area contributed by atoms with Crippen molar-refractivity contribution >= 4 is 21.4 Å². The zero-order valence-electron chi connectivity index (χ0n) is 15.3. The van der Waals surface area contributed by atoms with Crippen LogP contribution in [0.3, 0.4) is 0 Å². The standard InChI is InChI=1S/C20H19N5O2S/c1-2-3-15-4-10-18(11-5-15)28(26,27)24-17-8-6-16(7-9-17)19-12-13-20-22-21-14-25(20)23-19/h4-14,24H,2-3H2,1H3. The lowest BCUT2D eigenvalue weighted by atomic mass is 10.1. The van der Waals surface area contributed by atoms with Crippen LogP contribution < -0.4 is 4.72 Å². The van der Waals surface area contributed by atoms with Gasteiger partial charge in [0.2, 0.25) is 0 Å². The first-order chi connectivity index (χ1) is 13.5. The first-order valence-electron chi connectivity index (χ1n) is 8.94. The van der Waals surface area contributed by atoms with Crippen LogP contribution in [0.15, 0.2) is 71.9 Å². The first kappa shape index (κ1) is 18.1. The fourth-order valence-electron chi connectivity index (χ4n) is 2.93. The molecule has 2 heterocycles. The van der Waals surface area contributed by atoms with Crippen molar-refractivity contribution in [3.05, 3.63) is 72.6 Å². The molecule has 0 spiro atoms. The van der Waals surface area contributed by atoms with E-state index in [1.54, 1.807) is 28.8 Å². The molecule has 4 aromatic rings. The largest absolute Gasteiger partial charge is 0.280 e. The molecule has 0 aliphatic heterocycles. The fourth-order valence-corrected chi connectivity index (χ4v) is 3.99. The van der Waals surface area contributed by atoms with Crippen LogP contribution in [0, 0.1) is 0 Å². The highest BCUT2D eigenvalue weighted by Gasteiger charge is 2.14. The van der Waals surface area contributed by atoms with E-state index in [2.05, 4.69) is 26.9 Å². The van der Waals surface area contributed by atoms with Crippen molar-refractivity contribution < 1.29 is 8.42 Å². The Morgan fingerprint density at radius 2 is 1.71 bits per heavy atom. The van der Waals surface area contributed by atoms with Gasteiger partial charge in [0.05, 0.1) is 10.6 Å². The molecule has 1 N–H and O–H groups in total. The summed E-state index contributed by atoms with van der Waals surface area (Å²) in [5.41, 5.74) is 3.89. The van der Waals surface area contributed by atoms with E-state index >= 15 is 0 Å². The summed E-state index contributed by atoms with van der Waals surface area (Å²) in [4.78, 5) is 0.246. The minimum Gasteiger partial charge on any atom is -0.280 e. The average Bonchev–Trinajstić information content (AvgIpc) is 3.17. The fraction of sp³-hybridized carbons (Fsp3) is 0.150. The van der Waals surface area contributed by atoms with Crippen molar-refractivity contribution in [3.63, 3.8) is 0 Å². The molecule has 0 fully saturated rings. The normalized spacial score (nSPS) is 11.6. The van der Waals surface area contributed by atoms with Gasteiger partial charge in [0.15, 0.2) is 5.65 Å². The third kappa shape index (κ3) is 3.72. The van der Waals surface area contributed by atoms with E-state index < -0.39 is 10.0 Å². The summed E-state index contributed by atoms with van der Waals surface area (Å²) in [6.07, 6.45) is 3.49. The van der Waals surface area contributed by atoms with Gasteiger partial charge in [-0.05, 0) is 48.4 Å². The zero-order chi connectivity index (χ0) is 19.6. The molecule has 0 saturated carbocycles. The smallest absolute Gasteiger partial charge is 0.261 e. The molecule has 0 amide bonds. The van der Waals surface area contributed by atoms with Gasteiger partial charge in [0, 0.05) is 11.3 Å². The van der Waals surface area contributed by atoms with Gasteiger partial charge in [-0.25, -0.2) is 8.42 Å². The molecule has 0 aliphatic carbocycles. The van der Waals surface area contributed by atoms with Crippen molar-refractivity contribution in [2.45, 2.75) is 24.7 Å². The highest BCUT2D eigenvalue weighted by Crippen LogP contribution is 2.22. The number of nitrogens with zero attached hydrogens (tertiary/aromatic N) is 4. The van der Waals surface area contributed by atoms with Crippen molar-refractivity contribution in [1.29, 1.82) is 0 Å². The topological polar surface area (TPSA) is 89.2 Å². The quantitative estimate of drug-likeness (QED) is 0.541. The van der Waals surface area contributed by atoms with Gasteiger partial charge in [-0.1, -0.05) is 37.6 Å². The van der Waals surface area contributed by atoms with Gasteiger partial charge >= 0.3 is 0 Å². The van der Waals surface area contributed by atoms with Crippen molar-refractivity contribution in [2.24, 2.45) is 0 Å². The SMILES string of the molecule is CCCc1ccc(S(=O)(=O)Nc2ccc(-c3ccc4nncn4n3)cc2)cc1. The number of aryl methyl sites for hydroxylation is 1. The summed E-state index contributed by atoms with van der Waals surface area (Å²) in [7, 11) is -3.63. The maximum absolute atomic E-state index is 12.6. The summed E-state index contributed by atoms with van der Waals surface area (Å²) in [6.45, 7) is 2.09. The van der Waals surface area contributed by atoms with Crippen LogP contribution in [-0.4, -0.2) is 28.2 Å². The van der Waals surface area contributed by atoms with E-state index in [4.69, 9.17) is 0 Å². The summed E-state index contributed by atoms with van der Waals surface area (Å²) in [6, 6.07) is 17.7. The van der Waals surface area contributed by atoms with Gasteiger partial charge in [0.1, 0.15) is 6.33 Å². The van der Waals surface area contributed by atoms with E-state index in [-0.39, 0.29) is 4.90 Å². The summed E-state index contributed by atoms with van der Waals surface area (Å²) in [5.74, 6) is 0. The summed E-state index contributed by atoms with van der Waals surface area (Å²) < 4.78 is 29.4. The van der Waals surface area contributed by atoms with Crippen molar-refractivity contribution in [3.8, 4) is 11.3 Å². The molecule has 0 aliphatic rings. The Labute approximate surface area is 163 Å². The van der Waals surface area contributed by atoms with Crippen molar-refractivity contribution in [1.82, 2.24) is 19.8 Å². The molecule has 142 valence electrons. The number of aromatic nitrogens is 4. The van der Waals surface area contributed by atoms with E-state index in [1.165, 1.54) is 6.33 Å². The van der Waals surface area contributed by atoms with Crippen molar-refractivity contribution in [2.75, 3.05) is 4.72 Å². The second-order valence-corrected chi connectivity index (χ2v) is 8.11. The molecule has 0 radical (unpaired) electrons. The van der Waals surface area contributed by atoms with E-state index in [0.29, 0.717) is 11.3 Å². The Morgan fingerprint density at radius 1 is 0.964 bits per heavy atom. The van der Waals surface area contributed by atoms with Crippen LogP contribution in [0.1, 0.15) is 18.9 Å². The number of hydrogen-bond acceptors (Lipinski definition) is 5. The Hall–Kier alpha value is -3.26. The minimum absolute atomic E-state index is 0.246. The molecule has 2 aromatic carbocycles. The number of hydrogen-bond donors (Lipinski definition) is 1. The van der Waals surface area contributed by atoms with Gasteiger partial charge < -0.3 is 0 Å². The Balaban J connectivity index is 1.53. The minimum atomic E-state index is -3.63. The molecule has 7 nitrogen and oxygen atoms in total. The van der Waals surface area contributed by atoms with Gasteiger partial charge in [0.25, 0.3) is 10.0 Å². The Bertz CT molecular complexity index is 1200. The third-order valence-electron chi connectivity index (χ3n) is 4.37. The predicted molar refractivity (Wildman–Crippen MR) is 107 cm³/mol. The molecule has 4 rings (SSSR count). The molecular weight excluding hydrogens is 374 g/mol. The number of fused-ring (bicyclic) bond motifs is 1. The monoisotopic (exact) mass is 393 g/mol. The lowest BCUT2D eigenvalue weighted by molar-refractivity contribution is 0.601. The molecule has 8 heteroatoms. The van der Waals surface area contributed by atoms with Crippen LogP contribution in [0.5, 0.6) is 0 Å². The third-order valence-corrected chi connectivity index (χ3v) is 5.76. The second kappa shape index (κ2) is 7.40. The van der Waals surface area contributed by atoms with Crippen LogP contribution in [0.2, 0.25) is 0 Å². The predicted octanol–water partition coefficient (Wildman–Crippen LogP) is 3.54. The number of benzene rings is 2. The Morgan fingerprint density at radius 3 is 2.43 bits per heavy atom. The molecular formula is C20H19N5O2S. The van der Waals surface area contributed by atoms with Gasteiger partial charge in [-0.2, -0.15) is 9.61 Å². The first-order valence-corrected chi connectivity index (χ1v) is 10.4. The lowest BCUT2D eigenvalue weighted by Crippen LogP contribution is -2.12. The molecule has 0 unspecified atom stereocenters. The highest BCUT2D eigenvalue weighted by molar-refractivity contribution is 7.92. The maximum atomic E-state index is 12.6. The van der Waals surface area contributed by atoms with Crippen LogP contribution in [0.4, 0.5) is 5.69 Å². The molecule has 0 saturated heterocycles. The van der Waals surface area contributed by atoms with Crippen LogP contribution >= 0.6 is 0 Å². The number of anilines is 1. The number of sulfonamides is 1. The second-order valence-electron chi connectivity index (χ2n) is 6.43. The molecule has 0 bridgehead atoms. The Kier molecular flexibility index (Phi) is 4.79. The maximum Gasteiger partial charge on any atom is 0.261 e. The molecule has 0 atom stereocenters. The van der Waals surface area contributed by atoms with Crippen LogP contribution in [0.25, 0.3) is 16.9 Å². The average molecular weight is 393 g/mol. The highest BCUT2D eigenvalue weighted by atomic mass is 32.2. The lowest BCUT2D eigenvalue weighted by Gasteiger charge is -2.09. The molecule has 2 aromatic heterocycles. The van der Waals surface area contributed by atoms with E-state index in [1.807, 2.05) is 36.4 Å². The van der Waals surface area contributed by atoms with E-state index in [9.17, 15) is 8.42 Å². The summed E-state index contributed by atoms with van der Waals surface area (Å²) >= 11 is 0. The number of nitrogens with one attached hydrogen (secondary N) is 1. The van der Waals surface area contributed by atoms with E-state index in [0.717, 1.165) is 29.7 Å². The van der Waals surface area contributed by atoms with Gasteiger partial charge in [-0.15, -0.1) is 10.2 Å².